The van der Waals surface area contributed by atoms with Crippen LogP contribution in [0.5, 0.6) is 0 Å². The van der Waals surface area contributed by atoms with Gasteiger partial charge < -0.3 is 5.73 Å². The number of aryl methyl sites for hydroxylation is 1. The zero-order valence-electron chi connectivity index (χ0n) is 11.8. The van der Waals surface area contributed by atoms with Crippen molar-refractivity contribution in [3.8, 4) is 0 Å². The summed E-state index contributed by atoms with van der Waals surface area (Å²) < 4.78 is 28.6. The Morgan fingerprint density at radius 3 is 2.62 bits per heavy atom. The molecule has 114 valence electrons. The highest BCUT2D eigenvalue weighted by Crippen LogP contribution is 2.24. The highest BCUT2D eigenvalue weighted by molar-refractivity contribution is 9.10. The van der Waals surface area contributed by atoms with Gasteiger partial charge in [-0.1, -0.05) is 6.07 Å². The second-order valence-corrected chi connectivity index (χ2v) is 8.35. The van der Waals surface area contributed by atoms with Gasteiger partial charge in [0.1, 0.15) is 0 Å². The number of nitrogens with two attached hydrogens (primary N) is 1. The maximum atomic E-state index is 12.5. The fraction of sp³-hybridized carbons (Fsp3) is 0.286. The van der Waals surface area contributed by atoms with Gasteiger partial charge in [-0.3, -0.25) is 0 Å². The van der Waals surface area contributed by atoms with Crippen molar-refractivity contribution in [2.24, 2.45) is 5.73 Å². The average Bonchev–Trinajstić information content (AvgIpc) is 2.84. The summed E-state index contributed by atoms with van der Waals surface area (Å²) in [4.78, 5) is 1.25. The molecule has 0 atom stereocenters. The lowest BCUT2D eigenvalue weighted by Gasteiger charge is -2.13. The Hall–Kier alpha value is -0.730. The van der Waals surface area contributed by atoms with Crippen molar-refractivity contribution in [3.05, 3.63) is 49.6 Å². The quantitative estimate of drug-likeness (QED) is 0.826. The first-order valence-corrected chi connectivity index (χ1v) is 9.52. The van der Waals surface area contributed by atoms with Crippen LogP contribution in [0, 0.1) is 13.8 Å². The van der Waals surface area contributed by atoms with Crippen molar-refractivity contribution in [1.29, 1.82) is 0 Å². The van der Waals surface area contributed by atoms with Crippen LogP contribution in [0.15, 0.2) is 32.9 Å². The van der Waals surface area contributed by atoms with Gasteiger partial charge in [0, 0.05) is 22.4 Å². The topological polar surface area (TPSA) is 72.2 Å². The number of hydrogen-bond acceptors (Lipinski definition) is 4. The van der Waals surface area contributed by atoms with Gasteiger partial charge in [0.05, 0.1) is 4.90 Å². The summed E-state index contributed by atoms with van der Waals surface area (Å²) in [5.41, 5.74) is 8.13. The van der Waals surface area contributed by atoms with Gasteiger partial charge >= 0.3 is 0 Å². The van der Waals surface area contributed by atoms with Crippen LogP contribution in [-0.4, -0.2) is 8.42 Å². The first kappa shape index (κ1) is 16.6. The molecule has 0 spiro atoms. The van der Waals surface area contributed by atoms with Crippen LogP contribution >= 0.6 is 27.3 Å². The summed E-state index contributed by atoms with van der Waals surface area (Å²) in [6.45, 7) is 4.29. The van der Waals surface area contributed by atoms with E-state index in [0.29, 0.717) is 11.4 Å². The number of sulfonamides is 1. The Bertz CT molecular complexity index is 754. The van der Waals surface area contributed by atoms with Crippen LogP contribution in [0.2, 0.25) is 0 Å². The number of benzene rings is 1. The molecular weight excluding hydrogens is 372 g/mol. The van der Waals surface area contributed by atoms with E-state index in [1.807, 2.05) is 31.4 Å². The molecule has 2 aromatic rings. The highest BCUT2D eigenvalue weighted by atomic mass is 79.9. The van der Waals surface area contributed by atoms with Gasteiger partial charge in [-0.25, -0.2) is 13.1 Å². The van der Waals surface area contributed by atoms with Crippen molar-refractivity contribution in [1.82, 2.24) is 4.72 Å². The minimum atomic E-state index is -3.56. The van der Waals surface area contributed by atoms with E-state index in [4.69, 9.17) is 5.73 Å². The van der Waals surface area contributed by atoms with Crippen LogP contribution in [0.1, 0.15) is 21.6 Å². The van der Waals surface area contributed by atoms with E-state index in [1.54, 1.807) is 6.07 Å². The molecule has 1 heterocycles. The zero-order valence-corrected chi connectivity index (χ0v) is 15.0. The molecule has 0 radical (unpaired) electrons. The molecular formula is C14H17BrN2O2S2. The van der Waals surface area contributed by atoms with Gasteiger partial charge in [-0.15, -0.1) is 11.3 Å². The monoisotopic (exact) mass is 388 g/mol. The lowest BCUT2D eigenvalue weighted by Crippen LogP contribution is -2.24. The fourth-order valence-electron chi connectivity index (χ4n) is 1.99. The van der Waals surface area contributed by atoms with Crippen molar-refractivity contribution in [2.45, 2.75) is 31.8 Å². The van der Waals surface area contributed by atoms with Crippen LogP contribution in [0.4, 0.5) is 0 Å². The molecule has 4 nitrogen and oxygen atoms in total. The molecule has 0 aliphatic carbocycles. The number of halogens is 1. The zero-order chi connectivity index (χ0) is 15.6. The molecule has 21 heavy (non-hydrogen) atoms. The summed E-state index contributed by atoms with van der Waals surface area (Å²) in [5.74, 6) is 0. The molecule has 7 heteroatoms. The normalized spacial score (nSPS) is 11.8. The molecule has 0 amide bonds. The summed E-state index contributed by atoms with van der Waals surface area (Å²) >= 11 is 4.90. The highest BCUT2D eigenvalue weighted by Gasteiger charge is 2.19. The lowest BCUT2D eigenvalue weighted by molar-refractivity contribution is 0.581. The molecule has 1 aromatic carbocycles. The summed E-state index contributed by atoms with van der Waals surface area (Å²) in [6.07, 6.45) is 0. The van der Waals surface area contributed by atoms with Crippen LogP contribution in [-0.2, 0) is 23.1 Å². The van der Waals surface area contributed by atoms with Crippen LogP contribution < -0.4 is 10.5 Å². The summed E-state index contributed by atoms with van der Waals surface area (Å²) in [7, 11) is -3.56. The Balaban J connectivity index is 2.31. The minimum Gasteiger partial charge on any atom is -0.326 e. The van der Waals surface area contributed by atoms with E-state index in [9.17, 15) is 8.42 Å². The predicted molar refractivity (Wildman–Crippen MR) is 89.9 cm³/mol. The third-order valence-electron chi connectivity index (χ3n) is 3.32. The van der Waals surface area contributed by atoms with Crippen molar-refractivity contribution < 1.29 is 8.42 Å². The van der Waals surface area contributed by atoms with E-state index >= 15 is 0 Å². The smallest absolute Gasteiger partial charge is 0.241 e. The van der Waals surface area contributed by atoms with Crippen LogP contribution in [0.3, 0.4) is 0 Å². The Labute approximate surface area is 137 Å². The molecule has 0 saturated heterocycles. The van der Waals surface area contributed by atoms with Gasteiger partial charge in [0.15, 0.2) is 0 Å². The maximum Gasteiger partial charge on any atom is 0.241 e. The van der Waals surface area contributed by atoms with Crippen molar-refractivity contribution in [2.75, 3.05) is 0 Å². The molecule has 2 rings (SSSR count). The lowest BCUT2D eigenvalue weighted by atomic mass is 10.1. The van der Waals surface area contributed by atoms with Gasteiger partial charge in [0.25, 0.3) is 0 Å². The standard InChI is InChI=1S/C14H17BrN2O2S2/c1-9-5-11(7-16)6-14(10(9)2)21(18,19)17-8-13-12(15)3-4-20-13/h3-6,17H,7-8,16H2,1-2H3. The third kappa shape index (κ3) is 3.73. The summed E-state index contributed by atoms with van der Waals surface area (Å²) in [5, 5.41) is 1.91. The minimum absolute atomic E-state index is 0.270. The van der Waals surface area contributed by atoms with Gasteiger partial charge in [-0.05, 0) is 64.0 Å². The molecule has 1 aromatic heterocycles. The Morgan fingerprint density at radius 1 is 1.33 bits per heavy atom. The van der Waals surface area contributed by atoms with E-state index in [0.717, 1.165) is 26.0 Å². The number of thiophene rings is 1. The maximum absolute atomic E-state index is 12.5. The van der Waals surface area contributed by atoms with Gasteiger partial charge in [0.2, 0.25) is 10.0 Å². The molecule has 0 fully saturated rings. The van der Waals surface area contributed by atoms with E-state index in [2.05, 4.69) is 20.7 Å². The summed E-state index contributed by atoms with van der Waals surface area (Å²) in [6, 6.07) is 5.47. The van der Waals surface area contributed by atoms with Crippen molar-refractivity contribution in [3.63, 3.8) is 0 Å². The molecule has 0 unspecified atom stereocenters. The number of nitrogens with one attached hydrogen (secondary N) is 1. The Morgan fingerprint density at radius 2 is 2.05 bits per heavy atom. The SMILES string of the molecule is Cc1cc(CN)cc(S(=O)(=O)NCc2sccc2Br)c1C. The fourth-order valence-corrected chi connectivity index (χ4v) is 4.87. The molecule has 0 saturated carbocycles. The molecule has 0 aliphatic heterocycles. The Kier molecular flexibility index (Phi) is 5.21. The van der Waals surface area contributed by atoms with E-state index in [1.165, 1.54) is 11.3 Å². The first-order valence-electron chi connectivity index (χ1n) is 6.37. The predicted octanol–water partition coefficient (Wildman–Crippen LogP) is 3.06. The third-order valence-corrected chi connectivity index (χ3v) is 6.77. The van der Waals surface area contributed by atoms with Gasteiger partial charge in [-0.2, -0.15) is 0 Å². The number of hydrogen-bond donors (Lipinski definition) is 2. The van der Waals surface area contributed by atoms with E-state index in [-0.39, 0.29) is 6.54 Å². The second-order valence-electron chi connectivity index (χ2n) is 4.76. The molecule has 0 aliphatic rings. The average molecular weight is 389 g/mol. The van der Waals surface area contributed by atoms with Crippen LogP contribution in [0.25, 0.3) is 0 Å². The molecule has 0 bridgehead atoms. The first-order chi connectivity index (χ1) is 9.85. The largest absolute Gasteiger partial charge is 0.326 e. The van der Waals surface area contributed by atoms with E-state index < -0.39 is 10.0 Å². The molecule has 3 N–H and O–H groups in total. The second kappa shape index (κ2) is 6.58. The number of rotatable bonds is 5. The van der Waals surface area contributed by atoms with Crippen molar-refractivity contribution >= 4 is 37.3 Å².